The summed E-state index contributed by atoms with van der Waals surface area (Å²) in [7, 11) is 5.15. The van der Waals surface area contributed by atoms with E-state index < -0.39 is 0 Å². The summed E-state index contributed by atoms with van der Waals surface area (Å²) in [5.74, 6) is 1.43. The molecule has 1 atom stereocenters. The van der Waals surface area contributed by atoms with Gasteiger partial charge in [0, 0.05) is 32.6 Å². The van der Waals surface area contributed by atoms with Crippen LogP contribution in [-0.4, -0.2) is 62.1 Å². The summed E-state index contributed by atoms with van der Waals surface area (Å²) in [6.45, 7) is 0.898. The molecule has 0 spiro atoms. The topological polar surface area (TPSA) is 71.1 Å². The van der Waals surface area contributed by atoms with Crippen molar-refractivity contribution in [1.82, 2.24) is 15.1 Å². The van der Waals surface area contributed by atoms with Gasteiger partial charge < -0.3 is 24.6 Å². The van der Waals surface area contributed by atoms with Crippen molar-refractivity contribution in [2.75, 3.05) is 34.4 Å². The van der Waals surface area contributed by atoms with Gasteiger partial charge in [-0.25, -0.2) is 4.79 Å². The summed E-state index contributed by atoms with van der Waals surface area (Å²) in [6, 6.07) is 13.9. The second-order valence-corrected chi connectivity index (χ2v) is 9.44. The number of nitrogens with one attached hydrogen (secondary N) is 1. The van der Waals surface area contributed by atoms with Crippen LogP contribution < -0.4 is 14.8 Å². The Morgan fingerprint density at radius 1 is 1.03 bits per heavy atom. The van der Waals surface area contributed by atoms with Crippen LogP contribution in [0.1, 0.15) is 61.3 Å². The molecule has 2 aromatic rings. The second kappa shape index (κ2) is 11.5. The smallest absolute Gasteiger partial charge is 0.318 e. The molecule has 7 heteroatoms. The number of hydrogen-bond acceptors (Lipinski definition) is 4. The zero-order valence-electron chi connectivity index (χ0n) is 21.1. The van der Waals surface area contributed by atoms with Crippen molar-refractivity contribution in [2.24, 2.45) is 0 Å². The lowest BCUT2D eigenvalue weighted by atomic mass is 9.88. The molecule has 188 valence electrons. The van der Waals surface area contributed by atoms with Crippen molar-refractivity contribution in [3.63, 3.8) is 0 Å². The van der Waals surface area contributed by atoms with Gasteiger partial charge in [-0.15, -0.1) is 0 Å². The molecule has 1 unspecified atom stereocenters. The van der Waals surface area contributed by atoms with Gasteiger partial charge in [0.15, 0.2) is 11.5 Å². The maximum absolute atomic E-state index is 13.4. The van der Waals surface area contributed by atoms with Crippen LogP contribution in [0.2, 0.25) is 0 Å². The SMILES string of the molecule is COc1cc2c(cc1OC)C(c1ccccc1)N(C(=O)NCCC(=O)N(C)C1CCCCC1)CC2. The molecule has 1 N–H and O–H groups in total. The summed E-state index contributed by atoms with van der Waals surface area (Å²) in [5.41, 5.74) is 3.21. The zero-order valence-corrected chi connectivity index (χ0v) is 21.1. The molecule has 1 aliphatic carbocycles. The van der Waals surface area contributed by atoms with Crippen molar-refractivity contribution >= 4 is 11.9 Å². The number of rotatable bonds is 7. The predicted molar refractivity (Wildman–Crippen MR) is 136 cm³/mol. The van der Waals surface area contributed by atoms with Crippen LogP contribution in [0.5, 0.6) is 11.5 Å². The van der Waals surface area contributed by atoms with E-state index in [4.69, 9.17) is 9.47 Å². The Balaban J connectivity index is 1.48. The minimum absolute atomic E-state index is 0.0950. The molecule has 4 rings (SSSR count). The highest BCUT2D eigenvalue weighted by Crippen LogP contribution is 2.41. The number of hydrogen-bond donors (Lipinski definition) is 1. The van der Waals surface area contributed by atoms with E-state index in [-0.39, 0.29) is 18.0 Å². The summed E-state index contributed by atoms with van der Waals surface area (Å²) >= 11 is 0. The zero-order chi connectivity index (χ0) is 24.8. The minimum atomic E-state index is -0.250. The van der Waals surface area contributed by atoms with Gasteiger partial charge in [-0.05, 0) is 48.1 Å². The number of carbonyl (C=O) groups is 2. The molecule has 1 fully saturated rings. The Hall–Kier alpha value is -3.22. The van der Waals surface area contributed by atoms with Crippen molar-refractivity contribution < 1.29 is 19.1 Å². The quantitative estimate of drug-likeness (QED) is 0.633. The average molecular weight is 480 g/mol. The molecule has 3 amide bonds. The largest absolute Gasteiger partial charge is 0.493 e. The maximum Gasteiger partial charge on any atom is 0.318 e. The van der Waals surface area contributed by atoms with E-state index in [0.717, 1.165) is 36.0 Å². The summed E-state index contributed by atoms with van der Waals surface area (Å²) in [5, 5.41) is 3.01. The molecule has 2 aromatic carbocycles. The van der Waals surface area contributed by atoms with Crippen LogP contribution in [0, 0.1) is 0 Å². The van der Waals surface area contributed by atoms with E-state index in [1.54, 1.807) is 14.2 Å². The summed E-state index contributed by atoms with van der Waals surface area (Å²) in [6.07, 6.45) is 6.82. The third kappa shape index (κ3) is 5.55. The van der Waals surface area contributed by atoms with E-state index >= 15 is 0 Å². The Morgan fingerprint density at radius 3 is 2.40 bits per heavy atom. The number of ether oxygens (including phenoxy) is 2. The van der Waals surface area contributed by atoms with Crippen molar-refractivity contribution in [1.29, 1.82) is 0 Å². The summed E-state index contributed by atoms with van der Waals surface area (Å²) < 4.78 is 11.1. The Morgan fingerprint density at radius 2 is 1.71 bits per heavy atom. The van der Waals surface area contributed by atoms with Crippen molar-refractivity contribution in [2.45, 2.75) is 57.0 Å². The van der Waals surface area contributed by atoms with Crippen LogP contribution in [-0.2, 0) is 11.2 Å². The van der Waals surface area contributed by atoms with Gasteiger partial charge in [0.05, 0.1) is 20.3 Å². The summed E-state index contributed by atoms with van der Waals surface area (Å²) in [4.78, 5) is 29.8. The van der Waals surface area contributed by atoms with Crippen molar-refractivity contribution in [3.8, 4) is 11.5 Å². The van der Waals surface area contributed by atoms with E-state index in [9.17, 15) is 9.59 Å². The third-order valence-corrected chi connectivity index (χ3v) is 7.38. The molecule has 1 saturated carbocycles. The number of methoxy groups -OCH3 is 2. The number of nitrogens with zero attached hydrogens (tertiary/aromatic N) is 2. The van der Waals surface area contributed by atoms with E-state index in [0.29, 0.717) is 37.1 Å². The number of fused-ring (bicyclic) bond motifs is 1. The molecular formula is C28H37N3O4. The highest BCUT2D eigenvalue weighted by Gasteiger charge is 2.33. The Labute approximate surface area is 208 Å². The Bertz CT molecular complexity index is 1020. The fourth-order valence-electron chi connectivity index (χ4n) is 5.39. The first-order valence-corrected chi connectivity index (χ1v) is 12.6. The van der Waals surface area contributed by atoms with Gasteiger partial charge in [0.1, 0.15) is 0 Å². The minimum Gasteiger partial charge on any atom is -0.493 e. The average Bonchev–Trinajstić information content (AvgIpc) is 2.91. The molecule has 0 aromatic heterocycles. The molecule has 0 radical (unpaired) electrons. The maximum atomic E-state index is 13.4. The lowest BCUT2D eigenvalue weighted by molar-refractivity contribution is -0.132. The van der Waals surface area contributed by atoms with Gasteiger partial charge >= 0.3 is 6.03 Å². The molecular weight excluding hydrogens is 442 g/mol. The molecule has 7 nitrogen and oxygen atoms in total. The third-order valence-electron chi connectivity index (χ3n) is 7.38. The first-order chi connectivity index (χ1) is 17.0. The van der Waals surface area contributed by atoms with Crippen LogP contribution in [0.25, 0.3) is 0 Å². The van der Waals surface area contributed by atoms with Crippen LogP contribution in [0.3, 0.4) is 0 Å². The standard InChI is InChI=1S/C28H37N3O4/c1-30(22-12-8-5-9-13-22)26(32)14-16-29-28(33)31-17-15-21-18-24(34-2)25(35-3)19-23(21)27(31)20-10-6-4-7-11-20/h4,6-7,10-11,18-19,22,27H,5,8-9,12-17H2,1-3H3,(H,29,33). The Kier molecular flexibility index (Phi) is 8.16. The van der Waals surface area contributed by atoms with E-state index in [1.807, 2.05) is 59.3 Å². The van der Waals surface area contributed by atoms with Crippen LogP contribution in [0.15, 0.2) is 42.5 Å². The first kappa shape index (κ1) is 24.9. The number of benzene rings is 2. The van der Waals surface area contributed by atoms with Gasteiger partial charge in [-0.2, -0.15) is 0 Å². The highest BCUT2D eigenvalue weighted by molar-refractivity contribution is 5.79. The number of urea groups is 1. The fraction of sp³-hybridized carbons (Fsp3) is 0.500. The normalized spacial score (nSPS) is 17.9. The molecule has 2 aliphatic rings. The lowest BCUT2D eigenvalue weighted by Gasteiger charge is -2.38. The molecule has 35 heavy (non-hydrogen) atoms. The predicted octanol–water partition coefficient (Wildman–Crippen LogP) is 4.54. The van der Waals surface area contributed by atoms with Crippen LogP contribution >= 0.6 is 0 Å². The molecule has 0 saturated heterocycles. The van der Waals surface area contributed by atoms with Gasteiger partial charge in [-0.3, -0.25) is 4.79 Å². The molecule has 1 aliphatic heterocycles. The first-order valence-electron chi connectivity index (χ1n) is 12.6. The number of amides is 3. The van der Waals surface area contributed by atoms with Crippen molar-refractivity contribution in [3.05, 3.63) is 59.2 Å². The highest BCUT2D eigenvalue weighted by atomic mass is 16.5. The molecule has 0 bridgehead atoms. The lowest BCUT2D eigenvalue weighted by Crippen LogP contribution is -2.47. The molecule has 1 heterocycles. The van der Waals surface area contributed by atoms with Crippen LogP contribution in [0.4, 0.5) is 4.79 Å². The monoisotopic (exact) mass is 479 g/mol. The second-order valence-electron chi connectivity index (χ2n) is 9.44. The number of carbonyl (C=O) groups excluding carboxylic acids is 2. The van der Waals surface area contributed by atoms with Gasteiger partial charge in [0.2, 0.25) is 5.91 Å². The van der Waals surface area contributed by atoms with Gasteiger partial charge in [0.25, 0.3) is 0 Å². The van der Waals surface area contributed by atoms with E-state index in [2.05, 4.69) is 5.32 Å². The van der Waals surface area contributed by atoms with E-state index in [1.165, 1.54) is 19.3 Å². The van der Waals surface area contributed by atoms with Gasteiger partial charge in [-0.1, -0.05) is 49.6 Å². The fourth-order valence-corrected chi connectivity index (χ4v) is 5.39.